The van der Waals surface area contributed by atoms with Crippen molar-refractivity contribution in [2.75, 3.05) is 6.54 Å². The fourth-order valence-electron chi connectivity index (χ4n) is 1.86. The smallest absolute Gasteiger partial charge is 0.315 e. The standard InChI is InChI=1S/C17H28N2O3/c1-12(2)17(4,22)11-18-16(21)19-13(3)5-6-14-7-9-15(20)10-8-14/h7-10,12-13,20,22H,5-6,11H2,1-4H3,(H2,18,19,21). The number of hydrogen-bond donors (Lipinski definition) is 4. The van der Waals surface area contributed by atoms with Gasteiger partial charge in [-0.05, 0) is 50.3 Å². The van der Waals surface area contributed by atoms with Crippen LogP contribution in [0.5, 0.6) is 5.75 Å². The maximum atomic E-state index is 11.8. The van der Waals surface area contributed by atoms with Crippen LogP contribution in [-0.2, 0) is 6.42 Å². The minimum Gasteiger partial charge on any atom is -0.508 e. The van der Waals surface area contributed by atoms with Gasteiger partial charge in [-0.25, -0.2) is 4.79 Å². The summed E-state index contributed by atoms with van der Waals surface area (Å²) in [5.41, 5.74) is 0.210. The third-order valence-electron chi connectivity index (χ3n) is 4.03. The quantitative estimate of drug-likeness (QED) is 0.624. The molecule has 1 aromatic carbocycles. The van der Waals surface area contributed by atoms with Crippen LogP contribution in [0.4, 0.5) is 4.79 Å². The predicted octanol–water partition coefficient (Wildman–Crippen LogP) is 2.42. The van der Waals surface area contributed by atoms with Crippen molar-refractivity contribution in [3.8, 4) is 5.75 Å². The molecule has 0 aliphatic carbocycles. The summed E-state index contributed by atoms with van der Waals surface area (Å²) in [6.07, 6.45) is 1.63. The van der Waals surface area contributed by atoms with Gasteiger partial charge in [-0.15, -0.1) is 0 Å². The van der Waals surface area contributed by atoms with Gasteiger partial charge in [-0.1, -0.05) is 26.0 Å². The fraction of sp³-hybridized carbons (Fsp3) is 0.588. The second-order valence-corrected chi connectivity index (χ2v) is 6.45. The number of hydrogen-bond acceptors (Lipinski definition) is 3. The van der Waals surface area contributed by atoms with Crippen molar-refractivity contribution in [3.63, 3.8) is 0 Å². The number of aryl methyl sites for hydroxylation is 1. The molecule has 5 heteroatoms. The summed E-state index contributed by atoms with van der Waals surface area (Å²) < 4.78 is 0. The molecule has 0 heterocycles. The summed E-state index contributed by atoms with van der Waals surface area (Å²) in [5.74, 6) is 0.325. The molecule has 22 heavy (non-hydrogen) atoms. The van der Waals surface area contributed by atoms with Crippen molar-refractivity contribution in [3.05, 3.63) is 29.8 Å². The van der Waals surface area contributed by atoms with E-state index >= 15 is 0 Å². The molecule has 2 atom stereocenters. The van der Waals surface area contributed by atoms with E-state index in [0.717, 1.165) is 18.4 Å². The number of rotatable bonds is 7. The van der Waals surface area contributed by atoms with Crippen LogP contribution in [0.2, 0.25) is 0 Å². The van der Waals surface area contributed by atoms with E-state index in [1.165, 1.54) is 0 Å². The summed E-state index contributed by atoms with van der Waals surface area (Å²) in [6, 6.07) is 6.84. The Bertz CT molecular complexity index is 469. The third kappa shape index (κ3) is 6.35. The number of aliphatic hydroxyl groups is 1. The lowest BCUT2D eigenvalue weighted by molar-refractivity contribution is 0.0165. The number of carbonyl (C=O) groups excluding carboxylic acids is 1. The minimum absolute atomic E-state index is 0.0257. The minimum atomic E-state index is -0.910. The van der Waals surface area contributed by atoms with Crippen LogP contribution in [-0.4, -0.2) is 34.4 Å². The van der Waals surface area contributed by atoms with E-state index in [4.69, 9.17) is 0 Å². The Morgan fingerprint density at radius 1 is 1.23 bits per heavy atom. The van der Waals surface area contributed by atoms with Gasteiger partial charge >= 0.3 is 6.03 Å². The van der Waals surface area contributed by atoms with Gasteiger partial charge in [-0.3, -0.25) is 0 Å². The van der Waals surface area contributed by atoms with Gasteiger partial charge < -0.3 is 20.8 Å². The summed E-state index contributed by atoms with van der Waals surface area (Å²) >= 11 is 0. The Morgan fingerprint density at radius 3 is 2.36 bits per heavy atom. The molecule has 4 N–H and O–H groups in total. The van der Waals surface area contributed by atoms with Gasteiger partial charge in [-0.2, -0.15) is 0 Å². The lowest BCUT2D eigenvalue weighted by Gasteiger charge is -2.28. The molecule has 1 aromatic rings. The Hall–Kier alpha value is -1.75. The van der Waals surface area contributed by atoms with Crippen molar-refractivity contribution in [1.29, 1.82) is 0 Å². The highest BCUT2D eigenvalue weighted by Crippen LogP contribution is 2.14. The Balaban J connectivity index is 2.31. The summed E-state index contributed by atoms with van der Waals surface area (Å²) in [6.45, 7) is 7.72. The normalized spacial score (nSPS) is 15.2. The second-order valence-electron chi connectivity index (χ2n) is 6.45. The highest BCUT2D eigenvalue weighted by molar-refractivity contribution is 5.74. The lowest BCUT2D eigenvalue weighted by Crippen LogP contribution is -2.49. The zero-order chi connectivity index (χ0) is 16.8. The molecule has 2 amide bonds. The third-order valence-corrected chi connectivity index (χ3v) is 4.03. The number of carbonyl (C=O) groups is 1. The number of urea groups is 1. The maximum Gasteiger partial charge on any atom is 0.315 e. The molecule has 124 valence electrons. The van der Waals surface area contributed by atoms with E-state index in [2.05, 4.69) is 10.6 Å². The van der Waals surface area contributed by atoms with E-state index in [1.807, 2.05) is 32.9 Å². The van der Waals surface area contributed by atoms with Crippen LogP contribution in [0.25, 0.3) is 0 Å². The molecule has 0 aromatic heterocycles. The zero-order valence-electron chi connectivity index (χ0n) is 13.9. The predicted molar refractivity (Wildman–Crippen MR) is 87.9 cm³/mol. The number of amides is 2. The van der Waals surface area contributed by atoms with Crippen LogP contribution in [0.15, 0.2) is 24.3 Å². The molecule has 0 bridgehead atoms. The molecular weight excluding hydrogens is 280 g/mol. The molecule has 5 nitrogen and oxygen atoms in total. The maximum absolute atomic E-state index is 11.8. The van der Waals surface area contributed by atoms with Crippen molar-refractivity contribution >= 4 is 6.03 Å². The highest BCUT2D eigenvalue weighted by Gasteiger charge is 2.25. The average Bonchev–Trinajstić information content (AvgIpc) is 2.44. The molecule has 0 fully saturated rings. The number of phenolic OH excluding ortho intramolecular Hbond substituents is 1. The van der Waals surface area contributed by atoms with E-state index < -0.39 is 5.60 Å². The lowest BCUT2D eigenvalue weighted by atomic mass is 9.93. The van der Waals surface area contributed by atoms with Crippen molar-refractivity contribution in [2.24, 2.45) is 5.92 Å². The average molecular weight is 308 g/mol. The summed E-state index contributed by atoms with van der Waals surface area (Å²) in [7, 11) is 0. The molecular formula is C17H28N2O3. The van der Waals surface area contributed by atoms with Gasteiger partial charge in [0.15, 0.2) is 0 Å². The highest BCUT2D eigenvalue weighted by atomic mass is 16.3. The number of aromatic hydroxyl groups is 1. The SMILES string of the molecule is CC(CCc1ccc(O)cc1)NC(=O)NCC(C)(O)C(C)C. The van der Waals surface area contributed by atoms with Crippen molar-refractivity contribution < 1.29 is 15.0 Å². The van der Waals surface area contributed by atoms with Gasteiger partial charge in [0.1, 0.15) is 5.75 Å². The molecule has 0 saturated heterocycles. The largest absolute Gasteiger partial charge is 0.508 e. The van der Waals surface area contributed by atoms with Gasteiger partial charge in [0.05, 0.1) is 5.60 Å². The van der Waals surface area contributed by atoms with Crippen LogP contribution < -0.4 is 10.6 Å². The molecule has 0 saturated carbocycles. The van der Waals surface area contributed by atoms with E-state index in [9.17, 15) is 15.0 Å². The molecule has 0 aliphatic heterocycles. The second kappa shape index (κ2) is 8.03. The van der Waals surface area contributed by atoms with Crippen molar-refractivity contribution in [1.82, 2.24) is 10.6 Å². The van der Waals surface area contributed by atoms with Crippen LogP contribution in [0.1, 0.15) is 39.7 Å². The molecule has 0 radical (unpaired) electrons. The van der Waals surface area contributed by atoms with E-state index in [-0.39, 0.29) is 30.3 Å². The number of nitrogens with one attached hydrogen (secondary N) is 2. The van der Waals surface area contributed by atoms with Crippen LogP contribution >= 0.6 is 0 Å². The number of phenols is 1. The topological polar surface area (TPSA) is 81.6 Å². The Kier molecular flexibility index (Phi) is 6.68. The van der Waals surface area contributed by atoms with Gasteiger partial charge in [0.2, 0.25) is 0 Å². The van der Waals surface area contributed by atoms with Gasteiger partial charge in [0, 0.05) is 12.6 Å². The Labute approximate surface area is 132 Å². The first-order valence-corrected chi connectivity index (χ1v) is 7.75. The molecule has 0 aliphatic rings. The number of benzene rings is 1. The first-order valence-electron chi connectivity index (χ1n) is 7.75. The Morgan fingerprint density at radius 2 is 1.82 bits per heavy atom. The first-order chi connectivity index (χ1) is 10.2. The van der Waals surface area contributed by atoms with Crippen LogP contribution in [0.3, 0.4) is 0 Å². The molecule has 2 unspecified atom stereocenters. The summed E-state index contributed by atoms with van der Waals surface area (Å²) in [4.78, 5) is 11.8. The van der Waals surface area contributed by atoms with Crippen LogP contribution in [0, 0.1) is 5.92 Å². The fourth-order valence-corrected chi connectivity index (χ4v) is 1.86. The van der Waals surface area contributed by atoms with Crippen molar-refractivity contribution in [2.45, 2.75) is 52.2 Å². The summed E-state index contributed by atoms with van der Waals surface area (Å²) in [5, 5.41) is 24.9. The molecule has 1 rings (SSSR count). The van der Waals surface area contributed by atoms with E-state index in [1.54, 1.807) is 19.1 Å². The van der Waals surface area contributed by atoms with Gasteiger partial charge in [0.25, 0.3) is 0 Å². The molecule has 0 spiro atoms. The zero-order valence-corrected chi connectivity index (χ0v) is 13.9. The monoisotopic (exact) mass is 308 g/mol. The van der Waals surface area contributed by atoms with E-state index in [0.29, 0.717) is 0 Å². The first kappa shape index (κ1) is 18.3.